The number of amides is 1. The monoisotopic (exact) mass is 347 g/mol. The van der Waals surface area contributed by atoms with Crippen LogP contribution in [-0.4, -0.2) is 45.7 Å². The molecular formula is C17H18FN3O2S. The Labute approximate surface area is 144 Å². The van der Waals surface area contributed by atoms with Crippen molar-refractivity contribution in [3.63, 3.8) is 0 Å². The van der Waals surface area contributed by atoms with Crippen LogP contribution in [0.2, 0.25) is 0 Å². The van der Waals surface area contributed by atoms with E-state index < -0.39 is 0 Å². The Morgan fingerprint density at radius 3 is 2.79 bits per heavy atom. The average molecular weight is 347 g/mol. The summed E-state index contributed by atoms with van der Waals surface area (Å²) < 4.78 is 18.6. The minimum Gasteiger partial charge on any atom is -0.458 e. The summed E-state index contributed by atoms with van der Waals surface area (Å²) in [4.78, 5) is 23.2. The molecule has 7 heteroatoms. The van der Waals surface area contributed by atoms with Gasteiger partial charge in [0.2, 0.25) is 5.91 Å². The second kappa shape index (κ2) is 8.10. The molecule has 0 bridgehead atoms. The zero-order chi connectivity index (χ0) is 16.8. The second-order valence-corrected chi connectivity index (χ2v) is 6.54. The summed E-state index contributed by atoms with van der Waals surface area (Å²) >= 11 is 1.41. The van der Waals surface area contributed by atoms with E-state index in [4.69, 9.17) is 4.74 Å². The second-order valence-electron chi connectivity index (χ2n) is 5.50. The molecular weight excluding hydrogens is 329 g/mol. The topological polar surface area (TPSA) is 55.3 Å². The number of nitrogens with zero attached hydrogens (tertiary/aromatic N) is 3. The fraction of sp³-hybridized carbons (Fsp3) is 0.353. The number of hydrogen-bond donors (Lipinski definition) is 0. The van der Waals surface area contributed by atoms with E-state index in [1.54, 1.807) is 30.6 Å². The fourth-order valence-electron chi connectivity index (χ4n) is 2.52. The summed E-state index contributed by atoms with van der Waals surface area (Å²) in [6.45, 7) is 1.28. The normalized spacial score (nSPS) is 17.5. The molecule has 0 saturated carbocycles. The molecule has 1 aromatic carbocycles. The highest BCUT2D eigenvalue weighted by Gasteiger charge is 2.25. The summed E-state index contributed by atoms with van der Waals surface area (Å²) in [6.07, 6.45) is 4.96. The van der Waals surface area contributed by atoms with Crippen molar-refractivity contribution in [3.05, 3.63) is 48.5 Å². The number of piperidine rings is 1. The minimum atomic E-state index is -0.273. The predicted octanol–water partition coefficient (Wildman–Crippen LogP) is 2.78. The van der Waals surface area contributed by atoms with Crippen LogP contribution >= 0.6 is 11.8 Å². The zero-order valence-electron chi connectivity index (χ0n) is 13.1. The van der Waals surface area contributed by atoms with Gasteiger partial charge in [-0.3, -0.25) is 4.79 Å². The quantitative estimate of drug-likeness (QED) is 0.779. The van der Waals surface area contributed by atoms with E-state index in [9.17, 15) is 9.18 Å². The molecule has 0 spiro atoms. The molecule has 1 unspecified atom stereocenters. The van der Waals surface area contributed by atoms with E-state index in [1.807, 2.05) is 4.90 Å². The van der Waals surface area contributed by atoms with Gasteiger partial charge in [0.1, 0.15) is 11.9 Å². The van der Waals surface area contributed by atoms with Crippen molar-refractivity contribution < 1.29 is 13.9 Å². The van der Waals surface area contributed by atoms with Gasteiger partial charge in [0.15, 0.2) is 0 Å². The molecule has 1 saturated heterocycles. The first-order valence-corrected chi connectivity index (χ1v) is 8.79. The number of carbonyl (C=O) groups excluding carboxylic acids is 1. The Kier molecular flexibility index (Phi) is 5.63. The van der Waals surface area contributed by atoms with Crippen LogP contribution in [0, 0.1) is 5.82 Å². The van der Waals surface area contributed by atoms with Crippen molar-refractivity contribution in [2.75, 3.05) is 18.8 Å². The first-order chi connectivity index (χ1) is 11.7. The van der Waals surface area contributed by atoms with Gasteiger partial charge in [0, 0.05) is 23.8 Å². The molecule has 2 aromatic rings. The Balaban J connectivity index is 1.50. The molecule has 1 aliphatic rings. The smallest absolute Gasteiger partial charge is 0.316 e. The van der Waals surface area contributed by atoms with Crippen LogP contribution < -0.4 is 4.74 Å². The lowest BCUT2D eigenvalue weighted by molar-refractivity contribution is -0.131. The minimum absolute atomic E-state index is 0.0617. The van der Waals surface area contributed by atoms with Crippen molar-refractivity contribution in [3.8, 4) is 6.01 Å². The summed E-state index contributed by atoms with van der Waals surface area (Å²) in [5, 5.41) is 0. The van der Waals surface area contributed by atoms with Crippen LogP contribution in [0.4, 0.5) is 4.39 Å². The standard InChI is InChI=1S/C17H18FN3O2S/c18-13-4-6-15(7-5-13)24-12-16(22)21-10-1-3-14(11-21)23-17-19-8-2-9-20-17/h2,4-9,14H,1,3,10-12H2. The van der Waals surface area contributed by atoms with Gasteiger partial charge >= 0.3 is 6.01 Å². The van der Waals surface area contributed by atoms with Crippen LogP contribution in [0.1, 0.15) is 12.8 Å². The van der Waals surface area contributed by atoms with E-state index in [0.29, 0.717) is 18.3 Å². The first-order valence-electron chi connectivity index (χ1n) is 7.80. The lowest BCUT2D eigenvalue weighted by Crippen LogP contribution is -2.45. The molecule has 1 aromatic heterocycles. The highest BCUT2D eigenvalue weighted by molar-refractivity contribution is 8.00. The van der Waals surface area contributed by atoms with Crippen molar-refractivity contribution in [1.82, 2.24) is 14.9 Å². The van der Waals surface area contributed by atoms with Gasteiger partial charge in [-0.1, -0.05) is 0 Å². The largest absolute Gasteiger partial charge is 0.458 e. The number of rotatable bonds is 5. The average Bonchev–Trinajstić information content (AvgIpc) is 2.62. The van der Waals surface area contributed by atoms with Gasteiger partial charge in [-0.2, -0.15) is 0 Å². The molecule has 126 valence electrons. The van der Waals surface area contributed by atoms with Crippen molar-refractivity contribution >= 4 is 17.7 Å². The maximum absolute atomic E-state index is 12.9. The molecule has 1 aliphatic heterocycles. The molecule has 1 amide bonds. The molecule has 3 rings (SSSR count). The van der Waals surface area contributed by atoms with Gasteiger partial charge in [0.25, 0.3) is 0 Å². The molecule has 24 heavy (non-hydrogen) atoms. The number of ether oxygens (including phenoxy) is 1. The number of carbonyl (C=O) groups is 1. The number of hydrogen-bond acceptors (Lipinski definition) is 5. The number of aromatic nitrogens is 2. The highest BCUT2D eigenvalue weighted by Crippen LogP contribution is 2.20. The van der Waals surface area contributed by atoms with Crippen molar-refractivity contribution in [1.29, 1.82) is 0 Å². The van der Waals surface area contributed by atoms with E-state index in [-0.39, 0.29) is 17.8 Å². The van der Waals surface area contributed by atoms with E-state index in [1.165, 1.54) is 23.9 Å². The molecule has 0 aliphatic carbocycles. The van der Waals surface area contributed by atoms with Crippen LogP contribution in [-0.2, 0) is 4.79 Å². The van der Waals surface area contributed by atoms with E-state index >= 15 is 0 Å². The first kappa shape index (κ1) is 16.7. The lowest BCUT2D eigenvalue weighted by Gasteiger charge is -2.32. The molecule has 1 fully saturated rings. The number of benzene rings is 1. The highest BCUT2D eigenvalue weighted by atomic mass is 32.2. The van der Waals surface area contributed by atoms with Gasteiger partial charge in [-0.15, -0.1) is 11.8 Å². The van der Waals surface area contributed by atoms with Gasteiger partial charge in [0.05, 0.1) is 12.3 Å². The fourth-order valence-corrected chi connectivity index (χ4v) is 3.32. The van der Waals surface area contributed by atoms with Gasteiger partial charge < -0.3 is 9.64 Å². The molecule has 5 nitrogen and oxygen atoms in total. The maximum atomic E-state index is 12.9. The number of likely N-dealkylation sites (tertiary alicyclic amines) is 1. The third-order valence-corrected chi connectivity index (χ3v) is 4.72. The zero-order valence-corrected chi connectivity index (χ0v) is 13.9. The summed E-state index contributed by atoms with van der Waals surface area (Å²) in [6, 6.07) is 8.24. The summed E-state index contributed by atoms with van der Waals surface area (Å²) in [7, 11) is 0. The van der Waals surface area contributed by atoms with Crippen LogP contribution in [0.3, 0.4) is 0 Å². The van der Waals surface area contributed by atoms with Crippen LogP contribution in [0.15, 0.2) is 47.6 Å². The van der Waals surface area contributed by atoms with Crippen molar-refractivity contribution in [2.24, 2.45) is 0 Å². The third kappa shape index (κ3) is 4.67. The Bertz CT molecular complexity index is 669. The van der Waals surface area contributed by atoms with Crippen LogP contribution in [0.5, 0.6) is 6.01 Å². The summed E-state index contributed by atoms with van der Waals surface area (Å²) in [5.74, 6) is 0.122. The molecule has 2 heterocycles. The van der Waals surface area contributed by atoms with E-state index in [2.05, 4.69) is 9.97 Å². The van der Waals surface area contributed by atoms with Crippen LogP contribution in [0.25, 0.3) is 0 Å². The SMILES string of the molecule is O=C(CSc1ccc(F)cc1)N1CCCC(Oc2ncccn2)C1. The molecule has 0 radical (unpaired) electrons. The Morgan fingerprint density at radius 1 is 1.29 bits per heavy atom. The number of thioether (sulfide) groups is 1. The third-order valence-electron chi connectivity index (χ3n) is 3.72. The Morgan fingerprint density at radius 2 is 2.04 bits per heavy atom. The molecule has 1 atom stereocenters. The number of halogens is 1. The summed E-state index contributed by atoms with van der Waals surface area (Å²) in [5.41, 5.74) is 0. The maximum Gasteiger partial charge on any atom is 0.316 e. The van der Waals surface area contributed by atoms with Gasteiger partial charge in [-0.25, -0.2) is 14.4 Å². The van der Waals surface area contributed by atoms with E-state index in [0.717, 1.165) is 24.3 Å². The van der Waals surface area contributed by atoms with Crippen molar-refractivity contribution in [2.45, 2.75) is 23.8 Å². The predicted molar refractivity (Wildman–Crippen MR) is 89.4 cm³/mol. The lowest BCUT2D eigenvalue weighted by atomic mass is 10.1. The van der Waals surface area contributed by atoms with Gasteiger partial charge in [-0.05, 0) is 43.2 Å². The molecule has 0 N–H and O–H groups in total. The Hall–Kier alpha value is -2.15.